The molecule has 1 aliphatic rings. The van der Waals surface area contributed by atoms with Gasteiger partial charge in [-0.15, -0.1) is 0 Å². The standard InChI is InChI=1S/C17H13ClF4N2O4S/c18-10-2-3-14(28-8-17(20,21)22)13(6-10)24-29(26,27)15-5-9-1-4-16(25)23-12(9)7-11(15)19/h2-3,5-7,24H,1,4,8H2,(H,23,25). The molecule has 0 aromatic heterocycles. The molecule has 0 unspecified atom stereocenters. The second kappa shape index (κ2) is 7.71. The molecular formula is C17H13ClF4N2O4S. The summed E-state index contributed by atoms with van der Waals surface area (Å²) in [4.78, 5) is 10.7. The van der Waals surface area contributed by atoms with Gasteiger partial charge in [-0.25, -0.2) is 12.8 Å². The van der Waals surface area contributed by atoms with Gasteiger partial charge in [0.15, 0.2) is 6.61 Å². The summed E-state index contributed by atoms with van der Waals surface area (Å²) >= 11 is 5.79. The maximum atomic E-state index is 14.4. The van der Waals surface area contributed by atoms with Gasteiger partial charge in [-0.2, -0.15) is 13.2 Å². The van der Waals surface area contributed by atoms with E-state index < -0.39 is 39.3 Å². The van der Waals surface area contributed by atoms with E-state index in [2.05, 4.69) is 10.1 Å². The summed E-state index contributed by atoms with van der Waals surface area (Å²) in [7, 11) is -4.54. The number of sulfonamides is 1. The van der Waals surface area contributed by atoms with Gasteiger partial charge in [0.2, 0.25) is 5.91 Å². The molecule has 0 saturated heterocycles. The van der Waals surface area contributed by atoms with Gasteiger partial charge < -0.3 is 10.1 Å². The molecule has 0 aliphatic carbocycles. The Bertz CT molecular complexity index is 1070. The first-order valence-corrected chi connectivity index (χ1v) is 9.95. The second-order valence-electron chi connectivity index (χ2n) is 6.14. The van der Waals surface area contributed by atoms with Crippen molar-refractivity contribution in [2.45, 2.75) is 23.9 Å². The number of anilines is 2. The number of nitrogens with one attached hydrogen (secondary N) is 2. The Labute approximate surface area is 167 Å². The highest BCUT2D eigenvalue weighted by molar-refractivity contribution is 7.92. The predicted molar refractivity (Wildman–Crippen MR) is 97.2 cm³/mol. The van der Waals surface area contributed by atoms with Crippen LogP contribution in [0.4, 0.5) is 28.9 Å². The first kappa shape index (κ1) is 21.2. The third-order valence-corrected chi connectivity index (χ3v) is 5.54. The number of rotatable bonds is 5. The zero-order valence-corrected chi connectivity index (χ0v) is 16.0. The van der Waals surface area contributed by atoms with Gasteiger partial charge in [0, 0.05) is 17.1 Å². The van der Waals surface area contributed by atoms with E-state index in [1.807, 2.05) is 4.72 Å². The molecule has 0 saturated carbocycles. The Hall–Kier alpha value is -2.53. The summed E-state index contributed by atoms with van der Waals surface area (Å²) in [6.45, 7) is -1.66. The number of amides is 1. The highest BCUT2D eigenvalue weighted by Gasteiger charge is 2.30. The number of ether oxygens (including phenoxy) is 1. The molecule has 1 heterocycles. The van der Waals surface area contributed by atoms with Crippen molar-refractivity contribution in [1.82, 2.24) is 0 Å². The highest BCUT2D eigenvalue weighted by atomic mass is 35.5. The lowest BCUT2D eigenvalue weighted by Crippen LogP contribution is -2.22. The third kappa shape index (κ3) is 5.10. The first-order chi connectivity index (χ1) is 13.4. The minimum Gasteiger partial charge on any atom is -0.482 e. The zero-order chi connectivity index (χ0) is 21.4. The monoisotopic (exact) mass is 452 g/mol. The van der Waals surface area contributed by atoms with E-state index in [1.54, 1.807) is 0 Å². The number of aryl methyl sites for hydroxylation is 1. The fraction of sp³-hybridized carbons (Fsp3) is 0.235. The average molecular weight is 453 g/mol. The molecule has 2 aromatic rings. The summed E-state index contributed by atoms with van der Waals surface area (Å²) in [5, 5.41) is 2.46. The normalized spacial score (nSPS) is 14.2. The first-order valence-electron chi connectivity index (χ1n) is 8.09. The number of benzene rings is 2. The van der Waals surface area contributed by atoms with Crippen molar-refractivity contribution in [3.8, 4) is 5.75 Å². The fourth-order valence-electron chi connectivity index (χ4n) is 2.65. The van der Waals surface area contributed by atoms with Crippen LogP contribution < -0.4 is 14.8 Å². The van der Waals surface area contributed by atoms with Crippen molar-refractivity contribution in [2.24, 2.45) is 0 Å². The molecule has 1 aliphatic heterocycles. The van der Waals surface area contributed by atoms with E-state index in [9.17, 15) is 30.8 Å². The van der Waals surface area contributed by atoms with Crippen LogP contribution in [0.2, 0.25) is 5.02 Å². The molecule has 156 valence electrons. The Kier molecular flexibility index (Phi) is 5.63. The Morgan fingerprint density at radius 2 is 1.90 bits per heavy atom. The number of hydrogen-bond acceptors (Lipinski definition) is 4. The van der Waals surface area contributed by atoms with Crippen LogP contribution in [0.15, 0.2) is 35.2 Å². The second-order valence-corrected chi connectivity index (χ2v) is 8.23. The molecule has 3 rings (SSSR count). The number of hydrogen-bond donors (Lipinski definition) is 2. The van der Waals surface area contributed by atoms with Crippen molar-refractivity contribution in [2.75, 3.05) is 16.6 Å². The van der Waals surface area contributed by atoms with Gasteiger partial charge in [-0.3, -0.25) is 9.52 Å². The van der Waals surface area contributed by atoms with Gasteiger partial charge in [-0.1, -0.05) is 11.6 Å². The molecule has 0 spiro atoms. The van der Waals surface area contributed by atoms with E-state index in [0.717, 1.165) is 24.3 Å². The number of carbonyl (C=O) groups is 1. The number of fused-ring (bicyclic) bond motifs is 1. The average Bonchev–Trinajstić information content (AvgIpc) is 2.59. The van der Waals surface area contributed by atoms with Crippen LogP contribution in [0.1, 0.15) is 12.0 Å². The maximum Gasteiger partial charge on any atom is 0.422 e. The van der Waals surface area contributed by atoms with E-state index in [4.69, 9.17) is 11.6 Å². The van der Waals surface area contributed by atoms with Gasteiger partial charge >= 0.3 is 6.18 Å². The maximum absolute atomic E-state index is 14.4. The largest absolute Gasteiger partial charge is 0.482 e. The molecule has 12 heteroatoms. The van der Waals surface area contributed by atoms with Crippen molar-refractivity contribution < 1.29 is 35.5 Å². The van der Waals surface area contributed by atoms with Crippen LogP contribution >= 0.6 is 11.6 Å². The topological polar surface area (TPSA) is 84.5 Å². The van der Waals surface area contributed by atoms with Gasteiger partial charge in [0.05, 0.1) is 5.69 Å². The molecule has 0 fully saturated rings. The summed E-state index contributed by atoms with van der Waals surface area (Å²) in [6, 6.07) is 5.26. The zero-order valence-electron chi connectivity index (χ0n) is 14.4. The lowest BCUT2D eigenvalue weighted by molar-refractivity contribution is -0.153. The molecule has 6 nitrogen and oxygen atoms in total. The van der Waals surface area contributed by atoms with Gasteiger partial charge in [0.1, 0.15) is 16.5 Å². The highest BCUT2D eigenvalue weighted by Crippen LogP contribution is 2.33. The molecule has 1 amide bonds. The fourth-order valence-corrected chi connectivity index (χ4v) is 4.00. The summed E-state index contributed by atoms with van der Waals surface area (Å²) in [6.07, 6.45) is -4.33. The Morgan fingerprint density at radius 3 is 2.59 bits per heavy atom. The minimum atomic E-state index is -4.65. The Morgan fingerprint density at radius 1 is 1.17 bits per heavy atom. The molecular weight excluding hydrogens is 440 g/mol. The number of halogens is 5. The van der Waals surface area contributed by atoms with Crippen molar-refractivity contribution in [1.29, 1.82) is 0 Å². The molecule has 0 bridgehead atoms. The van der Waals surface area contributed by atoms with Crippen LogP contribution in [0.3, 0.4) is 0 Å². The quantitative estimate of drug-likeness (QED) is 0.669. The van der Waals surface area contributed by atoms with Gasteiger partial charge in [0.25, 0.3) is 10.0 Å². The summed E-state index contributed by atoms with van der Waals surface area (Å²) in [5.41, 5.74) is 0.188. The van der Waals surface area contributed by atoms with E-state index in [-0.39, 0.29) is 35.1 Å². The third-order valence-electron chi connectivity index (χ3n) is 3.92. The van der Waals surface area contributed by atoms with Crippen LogP contribution in [-0.2, 0) is 21.2 Å². The molecule has 2 N–H and O–H groups in total. The molecule has 2 aromatic carbocycles. The summed E-state index contributed by atoms with van der Waals surface area (Å²) < 4.78 is 83.7. The number of carbonyl (C=O) groups excluding carboxylic acids is 1. The van der Waals surface area contributed by atoms with Crippen LogP contribution in [0.5, 0.6) is 5.75 Å². The number of alkyl halides is 3. The van der Waals surface area contributed by atoms with E-state index >= 15 is 0 Å². The van der Waals surface area contributed by atoms with Crippen molar-refractivity contribution in [3.05, 3.63) is 46.7 Å². The summed E-state index contributed by atoms with van der Waals surface area (Å²) in [5.74, 6) is -1.89. The van der Waals surface area contributed by atoms with Crippen molar-refractivity contribution >= 4 is 38.9 Å². The van der Waals surface area contributed by atoms with E-state index in [0.29, 0.717) is 5.56 Å². The molecule has 0 radical (unpaired) electrons. The van der Waals surface area contributed by atoms with Gasteiger partial charge in [-0.05, 0) is 42.3 Å². The smallest absolute Gasteiger partial charge is 0.422 e. The lowest BCUT2D eigenvalue weighted by atomic mass is 10.0. The SMILES string of the molecule is O=C1CCc2cc(S(=O)(=O)Nc3cc(Cl)ccc3OCC(F)(F)F)c(F)cc2N1. The predicted octanol–water partition coefficient (Wildman–Crippen LogP) is 4.11. The molecule has 29 heavy (non-hydrogen) atoms. The lowest BCUT2D eigenvalue weighted by Gasteiger charge is -2.19. The van der Waals surface area contributed by atoms with Crippen LogP contribution in [0, 0.1) is 5.82 Å². The van der Waals surface area contributed by atoms with Crippen LogP contribution in [0.25, 0.3) is 0 Å². The van der Waals surface area contributed by atoms with Crippen molar-refractivity contribution in [3.63, 3.8) is 0 Å². The van der Waals surface area contributed by atoms with E-state index in [1.165, 1.54) is 6.07 Å². The minimum absolute atomic E-state index is 0.0238. The molecule has 0 atom stereocenters. The van der Waals surface area contributed by atoms with Crippen LogP contribution in [-0.4, -0.2) is 27.1 Å². The Balaban J connectivity index is 1.94.